The molecule has 0 radical (unpaired) electrons. The second-order valence-electron chi connectivity index (χ2n) is 6.08. The lowest BCUT2D eigenvalue weighted by Crippen LogP contribution is -2.24. The van der Waals surface area contributed by atoms with Crippen LogP contribution in [-0.4, -0.2) is 22.3 Å². The van der Waals surface area contributed by atoms with Crippen molar-refractivity contribution >= 4 is 10.0 Å². The second-order valence-corrected chi connectivity index (χ2v) is 7.81. The highest BCUT2D eigenvalue weighted by Gasteiger charge is 2.21. The summed E-state index contributed by atoms with van der Waals surface area (Å²) in [6.07, 6.45) is 0. The molecule has 1 N–H and O–H groups in total. The molecule has 0 unspecified atom stereocenters. The van der Waals surface area contributed by atoms with Crippen molar-refractivity contribution in [3.05, 3.63) is 47.5 Å². The maximum Gasteiger partial charge on any atom is 0.244 e. The molecule has 25 heavy (non-hydrogen) atoms. The third-order valence-electron chi connectivity index (χ3n) is 4.05. The van der Waals surface area contributed by atoms with Crippen LogP contribution in [0.3, 0.4) is 0 Å². The van der Waals surface area contributed by atoms with E-state index in [1.807, 2.05) is 19.9 Å². The number of nitrogens with one attached hydrogen (secondary N) is 1. The van der Waals surface area contributed by atoms with E-state index < -0.39 is 10.0 Å². The summed E-state index contributed by atoms with van der Waals surface area (Å²) in [5.41, 5.74) is 1.72. The van der Waals surface area contributed by atoms with Crippen LogP contribution < -0.4 is 18.9 Å². The summed E-state index contributed by atoms with van der Waals surface area (Å²) in [4.78, 5) is 0.141. The SMILES string of the molecule is COc1ccc(C(C)C)cc1S(=O)(=O)NCc1ccc2c(c1)OCO2. The molecule has 0 aliphatic carbocycles. The number of hydrogen-bond donors (Lipinski definition) is 1. The van der Waals surface area contributed by atoms with Gasteiger partial charge in [0, 0.05) is 6.54 Å². The number of fused-ring (bicyclic) bond motifs is 1. The zero-order valence-corrected chi connectivity index (χ0v) is 15.2. The summed E-state index contributed by atoms with van der Waals surface area (Å²) in [6.45, 7) is 4.36. The van der Waals surface area contributed by atoms with Gasteiger partial charge in [0.15, 0.2) is 11.5 Å². The Balaban J connectivity index is 1.83. The standard InChI is InChI=1S/C18H21NO5S/c1-12(2)14-5-7-16(22-3)18(9-14)25(20,21)19-10-13-4-6-15-17(8-13)24-11-23-15/h4-9,12,19H,10-11H2,1-3H3. The van der Waals surface area contributed by atoms with Crippen LogP contribution in [0.15, 0.2) is 41.3 Å². The lowest BCUT2D eigenvalue weighted by Gasteiger charge is -2.14. The van der Waals surface area contributed by atoms with Gasteiger partial charge < -0.3 is 14.2 Å². The van der Waals surface area contributed by atoms with Crippen LogP contribution in [-0.2, 0) is 16.6 Å². The number of benzene rings is 2. The Bertz CT molecular complexity index is 877. The van der Waals surface area contributed by atoms with Gasteiger partial charge in [-0.1, -0.05) is 26.0 Å². The molecule has 7 heteroatoms. The number of rotatable bonds is 6. The Hall–Kier alpha value is -2.25. The van der Waals surface area contributed by atoms with E-state index in [0.717, 1.165) is 11.1 Å². The van der Waals surface area contributed by atoms with E-state index in [-0.39, 0.29) is 24.2 Å². The van der Waals surface area contributed by atoms with Crippen LogP contribution in [0.25, 0.3) is 0 Å². The third kappa shape index (κ3) is 3.72. The van der Waals surface area contributed by atoms with Crippen LogP contribution in [0.2, 0.25) is 0 Å². The van der Waals surface area contributed by atoms with E-state index in [1.54, 1.807) is 30.3 Å². The van der Waals surface area contributed by atoms with Crippen LogP contribution in [0.4, 0.5) is 0 Å². The van der Waals surface area contributed by atoms with Crippen molar-refractivity contribution < 1.29 is 22.6 Å². The second kappa shape index (κ2) is 6.93. The summed E-state index contributed by atoms with van der Waals surface area (Å²) < 4.78 is 43.9. The highest BCUT2D eigenvalue weighted by molar-refractivity contribution is 7.89. The third-order valence-corrected chi connectivity index (χ3v) is 5.47. The molecule has 1 aliphatic rings. The highest BCUT2D eigenvalue weighted by Crippen LogP contribution is 2.33. The number of ether oxygens (including phenoxy) is 3. The molecule has 2 aromatic rings. The molecular formula is C18H21NO5S. The Kier molecular flexibility index (Phi) is 4.87. The molecular weight excluding hydrogens is 342 g/mol. The van der Waals surface area contributed by atoms with Gasteiger partial charge in [0.1, 0.15) is 10.6 Å². The maximum absolute atomic E-state index is 12.7. The monoisotopic (exact) mass is 363 g/mol. The summed E-state index contributed by atoms with van der Waals surface area (Å²) >= 11 is 0. The molecule has 6 nitrogen and oxygen atoms in total. The van der Waals surface area contributed by atoms with Crippen molar-refractivity contribution in [2.24, 2.45) is 0 Å². The molecule has 0 bridgehead atoms. The van der Waals surface area contributed by atoms with E-state index in [1.165, 1.54) is 7.11 Å². The quantitative estimate of drug-likeness (QED) is 0.854. The molecule has 0 spiro atoms. The first kappa shape index (κ1) is 17.6. The molecule has 134 valence electrons. The average Bonchev–Trinajstić information content (AvgIpc) is 3.07. The van der Waals surface area contributed by atoms with Gasteiger partial charge in [-0.2, -0.15) is 0 Å². The van der Waals surface area contributed by atoms with Gasteiger partial charge in [-0.25, -0.2) is 13.1 Å². The van der Waals surface area contributed by atoms with Crippen molar-refractivity contribution in [3.63, 3.8) is 0 Å². The van der Waals surface area contributed by atoms with E-state index in [4.69, 9.17) is 14.2 Å². The Labute approximate surface area is 147 Å². The van der Waals surface area contributed by atoms with E-state index in [0.29, 0.717) is 17.2 Å². The molecule has 2 aromatic carbocycles. The first-order chi connectivity index (χ1) is 11.9. The molecule has 0 atom stereocenters. The normalized spacial score (nSPS) is 13.3. The van der Waals surface area contributed by atoms with Crippen molar-refractivity contribution in [1.82, 2.24) is 4.72 Å². The molecule has 0 aromatic heterocycles. The zero-order chi connectivity index (χ0) is 18.0. The largest absolute Gasteiger partial charge is 0.495 e. The van der Waals surface area contributed by atoms with Gasteiger partial charge in [-0.05, 0) is 41.3 Å². The molecule has 1 aliphatic heterocycles. The highest BCUT2D eigenvalue weighted by atomic mass is 32.2. The minimum absolute atomic E-state index is 0.141. The summed E-state index contributed by atoms with van der Waals surface area (Å²) in [5.74, 6) is 1.82. The van der Waals surface area contributed by atoms with Gasteiger partial charge in [-0.15, -0.1) is 0 Å². The molecule has 1 heterocycles. The topological polar surface area (TPSA) is 73.9 Å². The smallest absolute Gasteiger partial charge is 0.244 e. The first-order valence-electron chi connectivity index (χ1n) is 7.97. The molecule has 0 fully saturated rings. The van der Waals surface area contributed by atoms with E-state index >= 15 is 0 Å². The van der Waals surface area contributed by atoms with Gasteiger partial charge in [0.2, 0.25) is 16.8 Å². The van der Waals surface area contributed by atoms with Crippen molar-refractivity contribution in [2.45, 2.75) is 31.2 Å². The summed E-state index contributed by atoms with van der Waals surface area (Å²) in [7, 11) is -2.26. The lowest BCUT2D eigenvalue weighted by molar-refractivity contribution is 0.174. The van der Waals surface area contributed by atoms with Gasteiger partial charge in [0.25, 0.3) is 0 Å². The summed E-state index contributed by atoms with van der Waals surface area (Å²) in [6, 6.07) is 10.6. The van der Waals surface area contributed by atoms with Crippen molar-refractivity contribution in [1.29, 1.82) is 0 Å². The van der Waals surface area contributed by atoms with Gasteiger partial charge in [-0.3, -0.25) is 0 Å². The van der Waals surface area contributed by atoms with Crippen molar-refractivity contribution in [2.75, 3.05) is 13.9 Å². The van der Waals surface area contributed by atoms with Crippen LogP contribution >= 0.6 is 0 Å². The predicted octanol–water partition coefficient (Wildman–Crippen LogP) is 3.03. The molecule has 0 saturated heterocycles. The Morgan fingerprint density at radius 3 is 2.60 bits per heavy atom. The fraction of sp³-hybridized carbons (Fsp3) is 0.333. The lowest BCUT2D eigenvalue weighted by atomic mass is 10.0. The number of methoxy groups -OCH3 is 1. The fourth-order valence-corrected chi connectivity index (χ4v) is 3.79. The maximum atomic E-state index is 12.7. The minimum Gasteiger partial charge on any atom is -0.495 e. The number of sulfonamides is 1. The van der Waals surface area contributed by atoms with Crippen molar-refractivity contribution in [3.8, 4) is 17.2 Å². The molecule has 0 saturated carbocycles. The zero-order valence-electron chi connectivity index (χ0n) is 14.4. The van der Waals surface area contributed by atoms with Crippen LogP contribution in [0.1, 0.15) is 30.9 Å². The van der Waals surface area contributed by atoms with E-state index in [2.05, 4.69) is 4.72 Å². The Morgan fingerprint density at radius 2 is 1.88 bits per heavy atom. The minimum atomic E-state index is -3.72. The van der Waals surface area contributed by atoms with Crippen LogP contribution in [0, 0.1) is 0 Å². The Morgan fingerprint density at radius 1 is 1.12 bits per heavy atom. The molecule has 0 amide bonds. The van der Waals surface area contributed by atoms with Gasteiger partial charge in [0.05, 0.1) is 7.11 Å². The fourth-order valence-electron chi connectivity index (χ4n) is 2.57. The predicted molar refractivity (Wildman–Crippen MR) is 93.7 cm³/mol. The summed E-state index contributed by atoms with van der Waals surface area (Å²) in [5, 5.41) is 0. The van der Waals surface area contributed by atoms with Crippen LogP contribution in [0.5, 0.6) is 17.2 Å². The average molecular weight is 363 g/mol. The molecule has 3 rings (SSSR count). The van der Waals surface area contributed by atoms with E-state index in [9.17, 15) is 8.42 Å². The number of hydrogen-bond acceptors (Lipinski definition) is 5. The first-order valence-corrected chi connectivity index (χ1v) is 9.45. The van der Waals surface area contributed by atoms with Gasteiger partial charge >= 0.3 is 0 Å².